The van der Waals surface area contributed by atoms with Crippen molar-refractivity contribution in [3.05, 3.63) is 12.7 Å². The molecule has 0 aromatic rings. The van der Waals surface area contributed by atoms with E-state index in [0.29, 0.717) is 0 Å². The number of ether oxygens (including phenoxy) is 1. The summed E-state index contributed by atoms with van der Waals surface area (Å²) in [5.74, 6) is 0.572. The lowest BCUT2D eigenvalue weighted by atomic mass is 9.76. The van der Waals surface area contributed by atoms with Crippen LogP contribution in [0.15, 0.2) is 12.7 Å². The van der Waals surface area contributed by atoms with E-state index in [2.05, 4.69) is 20.4 Å². The van der Waals surface area contributed by atoms with Gasteiger partial charge in [0.1, 0.15) is 5.60 Å². The van der Waals surface area contributed by atoms with E-state index in [0.717, 1.165) is 25.2 Å². The van der Waals surface area contributed by atoms with Crippen LogP contribution in [0.25, 0.3) is 0 Å². The van der Waals surface area contributed by atoms with Gasteiger partial charge in [0.2, 0.25) is 0 Å². The number of hydrogen-bond donors (Lipinski definition) is 0. The van der Waals surface area contributed by atoms with Crippen LogP contribution < -0.4 is 0 Å². The van der Waals surface area contributed by atoms with Gasteiger partial charge in [-0.15, -0.1) is 0 Å². The molecule has 92 valence electrons. The lowest BCUT2D eigenvalue weighted by Gasteiger charge is -2.38. The second-order valence-electron chi connectivity index (χ2n) is 4.89. The molecule has 0 bridgehead atoms. The minimum absolute atomic E-state index is 0.199. The molecule has 0 aromatic heterocycles. The van der Waals surface area contributed by atoms with Gasteiger partial charge >= 0.3 is 5.97 Å². The van der Waals surface area contributed by atoms with E-state index in [1.54, 1.807) is 0 Å². The van der Waals surface area contributed by atoms with Crippen LogP contribution in [0.3, 0.4) is 0 Å². The Morgan fingerprint density at radius 2 is 2.06 bits per heavy atom. The molecular formula is C14H24O2. The Morgan fingerprint density at radius 3 is 2.50 bits per heavy atom. The normalized spacial score (nSPS) is 29.8. The first-order valence-corrected chi connectivity index (χ1v) is 6.51. The Bertz CT molecular complexity index is 237. The fraction of sp³-hybridized carbons (Fsp3) is 0.786. The van der Waals surface area contributed by atoms with Crippen molar-refractivity contribution in [2.75, 3.05) is 0 Å². The molecule has 1 aliphatic carbocycles. The molecule has 1 rings (SSSR count). The fourth-order valence-corrected chi connectivity index (χ4v) is 2.68. The van der Waals surface area contributed by atoms with Crippen LogP contribution in [0.5, 0.6) is 0 Å². The zero-order valence-electron chi connectivity index (χ0n) is 10.6. The lowest BCUT2D eigenvalue weighted by Crippen LogP contribution is -2.38. The number of rotatable bonds is 5. The first kappa shape index (κ1) is 13.3. The Labute approximate surface area is 99.1 Å². The Hall–Kier alpha value is -0.790. The SMILES string of the molecule is C=CC(=O)OC1(CC)CCC(CCC)CC1. The molecule has 0 unspecified atom stereocenters. The van der Waals surface area contributed by atoms with E-state index in [4.69, 9.17) is 4.74 Å². The summed E-state index contributed by atoms with van der Waals surface area (Å²) in [7, 11) is 0. The van der Waals surface area contributed by atoms with Crippen molar-refractivity contribution in [1.82, 2.24) is 0 Å². The summed E-state index contributed by atoms with van der Waals surface area (Å²) < 4.78 is 5.55. The van der Waals surface area contributed by atoms with Crippen LogP contribution in [0, 0.1) is 5.92 Å². The summed E-state index contributed by atoms with van der Waals surface area (Å²) in [5.41, 5.74) is -0.199. The molecule has 0 aromatic carbocycles. The molecule has 1 fully saturated rings. The summed E-state index contributed by atoms with van der Waals surface area (Å²) in [5, 5.41) is 0. The zero-order valence-corrected chi connectivity index (χ0v) is 10.6. The summed E-state index contributed by atoms with van der Waals surface area (Å²) in [6, 6.07) is 0. The molecular weight excluding hydrogens is 200 g/mol. The molecule has 0 N–H and O–H groups in total. The molecule has 0 radical (unpaired) electrons. The van der Waals surface area contributed by atoms with Gasteiger partial charge in [-0.1, -0.05) is 33.3 Å². The van der Waals surface area contributed by atoms with Crippen molar-refractivity contribution in [2.24, 2.45) is 5.92 Å². The topological polar surface area (TPSA) is 26.3 Å². The predicted octanol–water partition coefficient (Wildman–Crippen LogP) is 3.85. The summed E-state index contributed by atoms with van der Waals surface area (Å²) in [6.45, 7) is 7.80. The second kappa shape index (κ2) is 6.07. The highest BCUT2D eigenvalue weighted by molar-refractivity contribution is 5.81. The molecule has 0 aliphatic heterocycles. The van der Waals surface area contributed by atoms with Crippen molar-refractivity contribution in [2.45, 2.75) is 64.4 Å². The first-order chi connectivity index (χ1) is 7.65. The van der Waals surface area contributed by atoms with Crippen LogP contribution in [-0.4, -0.2) is 11.6 Å². The summed E-state index contributed by atoms with van der Waals surface area (Å²) in [6.07, 6.45) is 9.21. The maximum absolute atomic E-state index is 11.3. The smallest absolute Gasteiger partial charge is 0.330 e. The molecule has 0 heterocycles. The van der Waals surface area contributed by atoms with Crippen LogP contribution in [0.4, 0.5) is 0 Å². The number of carbonyl (C=O) groups is 1. The van der Waals surface area contributed by atoms with Crippen LogP contribution in [0.2, 0.25) is 0 Å². The van der Waals surface area contributed by atoms with Crippen LogP contribution >= 0.6 is 0 Å². The average molecular weight is 224 g/mol. The van der Waals surface area contributed by atoms with Gasteiger partial charge in [0, 0.05) is 6.08 Å². The van der Waals surface area contributed by atoms with Crippen molar-refractivity contribution < 1.29 is 9.53 Å². The number of esters is 1. The molecule has 0 amide bonds. The molecule has 0 spiro atoms. The third kappa shape index (κ3) is 3.36. The van der Waals surface area contributed by atoms with E-state index in [-0.39, 0.29) is 11.6 Å². The third-order valence-corrected chi connectivity index (χ3v) is 3.84. The molecule has 0 saturated heterocycles. The first-order valence-electron chi connectivity index (χ1n) is 6.51. The maximum atomic E-state index is 11.3. The molecule has 1 saturated carbocycles. The van der Waals surface area contributed by atoms with Crippen molar-refractivity contribution >= 4 is 5.97 Å². The van der Waals surface area contributed by atoms with Gasteiger partial charge in [-0.2, -0.15) is 0 Å². The fourth-order valence-electron chi connectivity index (χ4n) is 2.68. The van der Waals surface area contributed by atoms with Gasteiger partial charge in [0.05, 0.1) is 0 Å². The highest BCUT2D eigenvalue weighted by Gasteiger charge is 2.36. The Morgan fingerprint density at radius 1 is 1.44 bits per heavy atom. The predicted molar refractivity (Wildman–Crippen MR) is 66.2 cm³/mol. The van der Waals surface area contributed by atoms with Crippen LogP contribution in [-0.2, 0) is 9.53 Å². The van der Waals surface area contributed by atoms with Gasteiger partial charge in [-0.05, 0) is 38.0 Å². The molecule has 1 aliphatic rings. The molecule has 2 nitrogen and oxygen atoms in total. The van der Waals surface area contributed by atoms with Crippen molar-refractivity contribution in [3.63, 3.8) is 0 Å². The summed E-state index contributed by atoms with van der Waals surface area (Å²) in [4.78, 5) is 11.3. The average Bonchev–Trinajstić information content (AvgIpc) is 2.32. The van der Waals surface area contributed by atoms with Crippen molar-refractivity contribution in [3.8, 4) is 0 Å². The van der Waals surface area contributed by atoms with E-state index >= 15 is 0 Å². The van der Waals surface area contributed by atoms with Crippen molar-refractivity contribution in [1.29, 1.82) is 0 Å². The quantitative estimate of drug-likeness (QED) is 0.523. The Balaban J connectivity index is 2.51. The zero-order chi connectivity index (χ0) is 12.0. The molecule has 2 heteroatoms. The maximum Gasteiger partial charge on any atom is 0.330 e. The largest absolute Gasteiger partial charge is 0.456 e. The van der Waals surface area contributed by atoms with Crippen LogP contribution in [0.1, 0.15) is 58.8 Å². The van der Waals surface area contributed by atoms with E-state index in [1.165, 1.54) is 31.8 Å². The number of carbonyl (C=O) groups excluding carboxylic acids is 1. The highest BCUT2D eigenvalue weighted by Crippen LogP contribution is 2.38. The third-order valence-electron chi connectivity index (χ3n) is 3.84. The summed E-state index contributed by atoms with van der Waals surface area (Å²) >= 11 is 0. The van der Waals surface area contributed by atoms with Gasteiger partial charge in [0.25, 0.3) is 0 Å². The van der Waals surface area contributed by atoms with Gasteiger partial charge in [-0.3, -0.25) is 0 Å². The molecule has 16 heavy (non-hydrogen) atoms. The second-order valence-corrected chi connectivity index (χ2v) is 4.89. The number of hydrogen-bond acceptors (Lipinski definition) is 2. The minimum Gasteiger partial charge on any atom is -0.456 e. The van der Waals surface area contributed by atoms with E-state index in [1.807, 2.05) is 0 Å². The Kier molecular flexibility index (Phi) is 5.04. The van der Waals surface area contributed by atoms with E-state index in [9.17, 15) is 4.79 Å². The lowest BCUT2D eigenvalue weighted by molar-refractivity contribution is -0.158. The molecule has 0 atom stereocenters. The van der Waals surface area contributed by atoms with E-state index < -0.39 is 0 Å². The van der Waals surface area contributed by atoms with Gasteiger partial charge in [0.15, 0.2) is 0 Å². The van der Waals surface area contributed by atoms with Gasteiger partial charge in [-0.25, -0.2) is 4.79 Å². The van der Waals surface area contributed by atoms with Gasteiger partial charge < -0.3 is 4.74 Å². The monoisotopic (exact) mass is 224 g/mol. The highest BCUT2D eigenvalue weighted by atomic mass is 16.6. The minimum atomic E-state index is -0.268. The standard InChI is InChI=1S/C14H24O2/c1-4-7-12-8-10-14(6-3,11-9-12)16-13(15)5-2/h5,12H,2,4,6-11H2,1,3H3.